The molecule has 0 fully saturated rings. The van der Waals surface area contributed by atoms with E-state index in [2.05, 4.69) is 8.34 Å². The number of rotatable bonds is 3. The zero-order valence-corrected chi connectivity index (χ0v) is 11.1. The molecule has 0 N–H and O–H groups in total. The first-order chi connectivity index (χ1) is 6.59. The van der Waals surface area contributed by atoms with Crippen LogP contribution in [0.25, 0.3) is 5.53 Å². The van der Waals surface area contributed by atoms with Crippen molar-refractivity contribution in [1.82, 2.24) is 4.16 Å². The minimum absolute atomic E-state index is 0. The van der Waals surface area contributed by atoms with Gasteiger partial charge in [-0.05, 0) is 12.1 Å². The third-order valence-electron chi connectivity index (χ3n) is 1.36. The molecule has 0 heterocycles. The number of methoxy groups -OCH3 is 1. The van der Waals surface area contributed by atoms with Crippen LogP contribution < -0.4 is 42.6 Å². The van der Waals surface area contributed by atoms with E-state index < -0.39 is 10.3 Å². The standard InChI is InChI=1S/C7H8N2O4S.Na/c1-12-6-4-2-3-5-7(6)13-14(10,11)9-8;/h2-5H,1H3,(H,10,11);/q;+1/p-1. The summed E-state index contributed by atoms with van der Waals surface area (Å²) >= 11 is 0. The summed E-state index contributed by atoms with van der Waals surface area (Å²) in [6, 6.07) is 6.10. The summed E-state index contributed by atoms with van der Waals surface area (Å²) in [7, 11) is -2.94. The maximum absolute atomic E-state index is 10.7. The second-order valence-electron chi connectivity index (χ2n) is 2.24. The minimum atomic E-state index is -4.30. The Kier molecular flexibility index (Phi) is 5.89. The van der Waals surface area contributed by atoms with Crippen molar-refractivity contribution in [3.63, 3.8) is 0 Å². The molecule has 0 aliphatic rings. The van der Waals surface area contributed by atoms with Crippen LogP contribution in [0.5, 0.6) is 11.5 Å². The molecule has 1 rings (SSSR count). The Bertz CT molecular complexity index is 466. The van der Waals surface area contributed by atoms with Crippen LogP contribution >= 0.6 is 0 Å². The van der Waals surface area contributed by atoms with Gasteiger partial charge in [0.1, 0.15) is 0 Å². The van der Waals surface area contributed by atoms with E-state index in [4.69, 9.17) is 10.3 Å². The molecule has 0 saturated heterocycles. The van der Waals surface area contributed by atoms with E-state index in [1.165, 1.54) is 19.2 Å². The van der Waals surface area contributed by atoms with Gasteiger partial charge in [-0.25, -0.2) is 0 Å². The average molecular weight is 238 g/mol. The molecule has 0 aliphatic carbocycles. The summed E-state index contributed by atoms with van der Waals surface area (Å²) in [5, 5.41) is 0. The number of benzene rings is 1. The molecule has 1 atom stereocenters. The molecule has 6 nitrogen and oxygen atoms in total. The first-order valence-electron chi connectivity index (χ1n) is 3.53. The average Bonchev–Trinajstić information content (AvgIpc) is 2.18. The predicted molar refractivity (Wildman–Crippen MR) is 48.0 cm³/mol. The summed E-state index contributed by atoms with van der Waals surface area (Å²) < 4.78 is 32.8. The molecule has 76 valence electrons. The predicted octanol–water partition coefficient (Wildman–Crippen LogP) is -2.32. The van der Waals surface area contributed by atoms with Gasteiger partial charge in [0.25, 0.3) is 0 Å². The van der Waals surface area contributed by atoms with Crippen molar-refractivity contribution in [3.8, 4) is 11.5 Å². The normalized spacial score (nSPS) is 12.9. The van der Waals surface area contributed by atoms with Crippen LogP contribution in [0.2, 0.25) is 0 Å². The van der Waals surface area contributed by atoms with E-state index in [1.54, 1.807) is 12.1 Å². The summed E-state index contributed by atoms with van der Waals surface area (Å²) in [6.07, 6.45) is 0. The molecule has 0 bridgehead atoms. The number of ether oxygens (including phenoxy) is 1. The summed E-state index contributed by atoms with van der Waals surface area (Å²) in [6.45, 7) is 0. The molecule has 1 unspecified atom stereocenters. The van der Waals surface area contributed by atoms with Gasteiger partial charge < -0.3 is 19.0 Å². The van der Waals surface area contributed by atoms with Crippen LogP contribution in [0.15, 0.2) is 24.3 Å². The van der Waals surface area contributed by atoms with Crippen molar-refractivity contribution >= 4 is 10.3 Å². The molecule has 0 radical (unpaired) electrons. The Hall–Kier alpha value is -0.560. The second-order valence-corrected chi connectivity index (χ2v) is 3.43. The quantitative estimate of drug-likeness (QED) is 0.335. The van der Waals surface area contributed by atoms with Gasteiger partial charge in [-0.3, -0.25) is 0 Å². The van der Waals surface area contributed by atoms with E-state index in [-0.39, 0.29) is 41.1 Å². The number of nitrogens with zero attached hydrogens (tertiary/aromatic N) is 2. The fraction of sp³-hybridized carbons (Fsp3) is 0.143. The summed E-state index contributed by atoms with van der Waals surface area (Å²) in [4.78, 5) is 0. The van der Waals surface area contributed by atoms with Gasteiger partial charge in [-0.2, -0.15) is 4.21 Å². The van der Waals surface area contributed by atoms with Gasteiger partial charge in [0, 0.05) is 0 Å². The Morgan fingerprint density at radius 2 is 1.93 bits per heavy atom. The van der Waals surface area contributed by atoms with Crippen LogP contribution in [0.4, 0.5) is 0 Å². The largest absolute Gasteiger partial charge is 1.00 e. The topological polar surface area (TPSA) is 95.0 Å². The Balaban J connectivity index is 0.00000196. The molecule has 0 amide bonds. The molecule has 0 aliphatic heterocycles. The van der Waals surface area contributed by atoms with Gasteiger partial charge in [0.15, 0.2) is 11.5 Å². The van der Waals surface area contributed by atoms with Crippen LogP contribution in [-0.4, -0.2) is 15.9 Å². The van der Waals surface area contributed by atoms with Crippen molar-refractivity contribution in [2.75, 3.05) is 7.11 Å². The van der Waals surface area contributed by atoms with Gasteiger partial charge in [-0.1, -0.05) is 16.3 Å². The number of hydrogen-bond acceptors (Lipinski definition) is 4. The van der Waals surface area contributed by atoms with Crippen molar-refractivity contribution in [2.45, 2.75) is 0 Å². The number of para-hydroxylation sites is 2. The van der Waals surface area contributed by atoms with Gasteiger partial charge in [-0.15, -0.1) is 0 Å². The summed E-state index contributed by atoms with van der Waals surface area (Å²) in [5.74, 6) is 0.201. The number of hydrogen-bond donors (Lipinski definition) is 0. The van der Waals surface area contributed by atoms with Crippen LogP contribution in [0.3, 0.4) is 0 Å². The van der Waals surface area contributed by atoms with E-state index in [1.807, 2.05) is 0 Å². The van der Waals surface area contributed by atoms with Crippen molar-refractivity contribution < 1.29 is 47.2 Å². The molecular weight excluding hydrogens is 231 g/mol. The molecule has 0 spiro atoms. The zero-order valence-electron chi connectivity index (χ0n) is 8.25. The maximum atomic E-state index is 10.7. The van der Waals surface area contributed by atoms with Crippen LogP contribution in [0, 0.1) is 0 Å². The molecule has 0 saturated carbocycles. The molecule has 15 heavy (non-hydrogen) atoms. The monoisotopic (exact) mass is 238 g/mol. The Morgan fingerprint density at radius 3 is 2.40 bits per heavy atom. The van der Waals surface area contributed by atoms with Gasteiger partial charge in [0.2, 0.25) is 0 Å². The fourth-order valence-electron chi connectivity index (χ4n) is 0.818. The SMILES string of the molecule is COc1ccccc1OS(=O)([O-])=[N+]=[N-].[Na+]. The molecule has 0 aromatic heterocycles. The Labute approximate surface area is 110 Å². The first-order valence-corrected chi connectivity index (χ1v) is 4.89. The third-order valence-corrected chi connectivity index (χ3v) is 1.95. The van der Waals surface area contributed by atoms with Crippen molar-refractivity contribution in [1.29, 1.82) is 0 Å². The van der Waals surface area contributed by atoms with E-state index in [0.29, 0.717) is 0 Å². The Morgan fingerprint density at radius 1 is 1.40 bits per heavy atom. The molecule has 1 aromatic rings. The van der Waals surface area contributed by atoms with Gasteiger partial charge in [0.05, 0.1) is 7.11 Å². The van der Waals surface area contributed by atoms with E-state index >= 15 is 0 Å². The maximum Gasteiger partial charge on any atom is 1.00 e. The zero-order chi connectivity index (χ0) is 10.6. The minimum Gasteiger partial charge on any atom is -0.682 e. The van der Waals surface area contributed by atoms with E-state index in [0.717, 1.165) is 0 Å². The second kappa shape index (κ2) is 6.12. The molecule has 8 heteroatoms. The van der Waals surface area contributed by atoms with Crippen LogP contribution in [-0.2, 0) is 10.3 Å². The molecular formula is C7H7N2NaO4S. The third kappa shape index (κ3) is 4.21. The summed E-state index contributed by atoms with van der Waals surface area (Å²) in [5.41, 5.74) is 8.09. The fourth-order valence-corrected chi connectivity index (χ4v) is 1.22. The van der Waals surface area contributed by atoms with Crippen LogP contribution in [0.1, 0.15) is 0 Å². The first kappa shape index (κ1) is 14.4. The van der Waals surface area contributed by atoms with Gasteiger partial charge >= 0.3 is 39.8 Å². The smallest absolute Gasteiger partial charge is 0.682 e. The van der Waals surface area contributed by atoms with Crippen molar-refractivity contribution in [3.05, 3.63) is 29.8 Å². The molecule has 1 aromatic carbocycles. The van der Waals surface area contributed by atoms with Crippen molar-refractivity contribution in [2.24, 2.45) is 0 Å². The van der Waals surface area contributed by atoms with E-state index in [9.17, 15) is 8.76 Å².